The minimum absolute atomic E-state index is 0.0204. The van der Waals surface area contributed by atoms with E-state index in [-0.39, 0.29) is 10.8 Å². The first kappa shape index (κ1) is 19.5. The van der Waals surface area contributed by atoms with Gasteiger partial charge in [-0.1, -0.05) is 43.3 Å². The van der Waals surface area contributed by atoms with Crippen molar-refractivity contribution in [3.05, 3.63) is 65.7 Å². The van der Waals surface area contributed by atoms with Crippen molar-refractivity contribution in [3.63, 3.8) is 0 Å². The molecule has 0 aliphatic heterocycles. The van der Waals surface area contributed by atoms with Crippen molar-refractivity contribution in [1.29, 1.82) is 5.26 Å². The van der Waals surface area contributed by atoms with Gasteiger partial charge in [0.1, 0.15) is 11.6 Å². The molecule has 6 nitrogen and oxygen atoms in total. The lowest BCUT2D eigenvalue weighted by Gasteiger charge is -2.13. The van der Waals surface area contributed by atoms with E-state index in [1.165, 1.54) is 24.8 Å². The van der Waals surface area contributed by atoms with Crippen LogP contribution in [0.1, 0.15) is 18.1 Å². The Bertz CT molecular complexity index is 1150. The molecule has 1 aromatic heterocycles. The molecule has 0 amide bonds. The van der Waals surface area contributed by atoms with E-state index in [0.29, 0.717) is 22.4 Å². The summed E-state index contributed by atoms with van der Waals surface area (Å²) in [6, 6.07) is 17.9. The predicted molar refractivity (Wildman–Crippen MR) is 107 cm³/mol. The van der Waals surface area contributed by atoms with Gasteiger partial charge >= 0.3 is 0 Å². The quantitative estimate of drug-likeness (QED) is 0.714. The molecule has 0 radical (unpaired) electrons. The number of hydrogen-bond acceptors (Lipinski definition) is 5. The van der Waals surface area contributed by atoms with Gasteiger partial charge in [0.15, 0.2) is 0 Å². The third kappa shape index (κ3) is 3.88. The number of rotatable bonds is 5. The van der Waals surface area contributed by atoms with E-state index >= 15 is 0 Å². The molecule has 7 heteroatoms. The van der Waals surface area contributed by atoms with E-state index < -0.39 is 10.0 Å². The van der Waals surface area contributed by atoms with E-state index in [0.717, 1.165) is 12.0 Å². The molecule has 1 heterocycles. The maximum Gasteiger partial charge on any atom is 0.238 e. The van der Waals surface area contributed by atoms with E-state index in [4.69, 9.17) is 9.88 Å². The fourth-order valence-corrected chi connectivity index (χ4v) is 3.41. The van der Waals surface area contributed by atoms with E-state index in [9.17, 15) is 13.7 Å². The van der Waals surface area contributed by atoms with Crippen LogP contribution < -0.4 is 9.88 Å². The largest absolute Gasteiger partial charge is 0.480 e. The van der Waals surface area contributed by atoms with Crippen LogP contribution in [0.2, 0.25) is 0 Å². The lowest BCUT2D eigenvalue weighted by Crippen LogP contribution is -2.11. The van der Waals surface area contributed by atoms with Crippen LogP contribution in [0.3, 0.4) is 0 Å². The number of aromatic nitrogens is 1. The highest BCUT2D eigenvalue weighted by Crippen LogP contribution is 2.35. The van der Waals surface area contributed by atoms with Gasteiger partial charge in [-0.25, -0.2) is 18.5 Å². The molecule has 0 fully saturated rings. The number of primary sulfonamides is 1. The lowest BCUT2D eigenvalue weighted by molar-refractivity contribution is 0.397. The zero-order valence-corrected chi connectivity index (χ0v) is 16.3. The molecule has 2 N–H and O–H groups in total. The first-order valence-corrected chi connectivity index (χ1v) is 10.1. The van der Waals surface area contributed by atoms with Gasteiger partial charge in [0.2, 0.25) is 15.9 Å². The van der Waals surface area contributed by atoms with Crippen LogP contribution in [0.25, 0.3) is 22.4 Å². The summed E-state index contributed by atoms with van der Waals surface area (Å²) in [5.74, 6) is 0.238. The molecule has 28 heavy (non-hydrogen) atoms. The second-order valence-corrected chi connectivity index (χ2v) is 7.73. The van der Waals surface area contributed by atoms with Crippen molar-refractivity contribution in [3.8, 4) is 34.3 Å². The number of nitrogens with zero attached hydrogens (tertiary/aromatic N) is 2. The normalized spacial score (nSPS) is 11.1. The maximum absolute atomic E-state index is 11.5. The Morgan fingerprint density at radius 1 is 1.07 bits per heavy atom. The van der Waals surface area contributed by atoms with Gasteiger partial charge in [-0.15, -0.1) is 0 Å². The summed E-state index contributed by atoms with van der Waals surface area (Å²) in [4.78, 5) is 4.57. The molecule has 0 unspecified atom stereocenters. The first-order valence-electron chi connectivity index (χ1n) is 8.59. The van der Waals surface area contributed by atoms with Crippen molar-refractivity contribution in [1.82, 2.24) is 4.98 Å². The number of hydrogen-bond donors (Lipinski definition) is 1. The highest BCUT2D eigenvalue weighted by Gasteiger charge is 2.16. The van der Waals surface area contributed by atoms with Gasteiger partial charge in [-0.3, -0.25) is 0 Å². The first-order chi connectivity index (χ1) is 13.4. The third-order valence-corrected chi connectivity index (χ3v) is 5.36. The van der Waals surface area contributed by atoms with Crippen molar-refractivity contribution >= 4 is 10.0 Å². The van der Waals surface area contributed by atoms with Gasteiger partial charge in [-0.05, 0) is 35.7 Å². The second kappa shape index (κ2) is 7.80. The Morgan fingerprint density at radius 3 is 2.18 bits per heavy atom. The van der Waals surface area contributed by atoms with E-state index in [1.807, 2.05) is 24.3 Å². The summed E-state index contributed by atoms with van der Waals surface area (Å²) >= 11 is 0. The molecule has 2 aromatic carbocycles. The van der Waals surface area contributed by atoms with E-state index in [2.05, 4.69) is 18.0 Å². The molecule has 0 bridgehead atoms. The summed E-state index contributed by atoms with van der Waals surface area (Å²) in [6.07, 6.45) is 0.923. The van der Waals surface area contributed by atoms with Gasteiger partial charge in [0.05, 0.1) is 17.7 Å². The number of sulfonamides is 1. The predicted octanol–water partition coefficient (Wildman–Crippen LogP) is 3.51. The summed E-state index contributed by atoms with van der Waals surface area (Å²) in [7, 11) is -2.32. The fraction of sp³-hybridized carbons (Fsp3) is 0.143. The average molecular weight is 393 g/mol. The number of nitriles is 1. The average Bonchev–Trinajstić information content (AvgIpc) is 2.72. The van der Waals surface area contributed by atoms with Crippen LogP contribution in [0.4, 0.5) is 0 Å². The lowest BCUT2D eigenvalue weighted by atomic mass is 9.97. The number of nitrogens with two attached hydrogens (primary N) is 1. The number of aryl methyl sites for hydroxylation is 1. The van der Waals surface area contributed by atoms with Crippen LogP contribution in [0.5, 0.6) is 5.88 Å². The number of ether oxygens (including phenoxy) is 1. The molecule has 142 valence electrons. The monoisotopic (exact) mass is 393 g/mol. The molecule has 3 rings (SSSR count). The van der Waals surface area contributed by atoms with Gasteiger partial charge < -0.3 is 4.74 Å². The SMILES string of the molecule is CCc1ccc(-c2nc(OC)c(C#N)cc2-c2ccc(S(N)(=O)=O)cc2)cc1. The zero-order valence-electron chi connectivity index (χ0n) is 15.5. The molecule has 0 spiro atoms. The Kier molecular flexibility index (Phi) is 5.45. The summed E-state index contributed by atoms with van der Waals surface area (Å²) in [5, 5.41) is 14.6. The molecule has 0 saturated heterocycles. The highest BCUT2D eigenvalue weighted by molar-refractivity contribution is 7.89. The van der Waals surface area contributed by atoms with Gasteiger partial charge in [-0.2, -0.15) is 5.26 Å². The molecule has 0 aliphatic carbocycles. The molecule has 0 aliphatic rings. The summed E-state index contributed by atoms with van der Waals surface area (Å²) in [6.45, 7) is 2.08. The summed E-state index contributed by atoms with van der Waals surface area (Å²) in [5.41, 5.74) is 4.41. The molecule has 0 saturated carbocycles. The fourth-order valence-electron chi connectivity index (χ4n) is 2.89. The minimum Gasteiger partial charge on any atom is -0.480 e. The number of pyridine rings is 1. The second-order valence-electron chi connectivity index (χ2n) is 6.17. The minimum atomic E-state index is -3.78. The van der Waals surface area contributed by atoms with Crippen molar-refractivity contribution < 1.29 is 13.2 Å². The van der Waals surface area contributed by atoms with E-state index in [1.54, 1.807) is 18.2 Å². The maximum atomic E-state index is 11.5. The molecular formula is C21H19N3O3S. The van der Waals surface area contributed by atoms with Crippen molar-refractivity contribution in [2.75, 3.05) is 7.11 Å². The Balaban J connectivity index is 2.22. The number of benzene rings is 2. The zero-order chi connectivity index (χ0) is 20.3. The smallest absolute Gasteiger partial charge is 0.238 e. The molecular weight excluding hydrogens is 374 g/mol. The van der Waals surface area contributed by atoms with Gasteiger partial charge in [0, 0.05) is 11.1 Å². The molecule has 3 aromatic rings. The third-order valence-electron chi connectivity index (χ3n) is 4.43. The highest BCUT2D eigenvalue weighted by atomic mass is 32.2. The van der Waals surface area contributed by atoms with Crippen LogP contribution in [-0.4, -0.2) is 20.5 Å². The van der Waals surface area contributed by atoms with Crippen LogP contribution in [-0.2, 0) is 16.4 Å². The Labute approximate surface area is 164 Å². The topological polar surface area (TPSA) is 106 Å². The van der Waals surface area contributed by atoms with Gasteiger partial charge in [0.25, 0.3) is 0 Å². The standard InChI is InChI=1S/C21H19N3O3S/c1-3-14-4-6-16(7-5-14)20-19(12-17(13-22)21(24-20)27-2)15-8-10-18(11-9-15)28(23,25)26/h4-12H,3H2,1-2H3,(H2,23,25,26). The number of methoxy groups -OCH3 is 1. The van der Waals surface area contributed by atoms with Crippen LogP contribution in [0.15, 0.2) is 59.5 Å². The Morgan fingerprint density at radius 2 is 1.68 bits per heavy atom. The summed E-state index contributed by atoms with van der Waals surface area (Å²) < 4.78 is 28.3. The molecule has 0 atom stereocenters. The van der Waals surface area contributed by atoms with Crippen LogP contribution in [0, 0.1) is 11.3 Å². The van der Waals surface area contributed by atoms with Crippen molar-refractivity contribution in [2.24, 2.45) is 5.14 Å². The Hall–Kier alpha value is -3.21. The van der Waals surface area contributed by atoms with Crippen molar-refractivity contribution in [2.45, 2.75) is 18.2 Å². The van der Waals surface area contributed by atoms with Crippen LogP contribution >= 0.6 is 0 Å².